The lowest BCUT2D eigenvalue weighted by atomic mass is 10.0. The number of carbonyl (C=O) groups is 1. The van der Waals surface area contributed by atoms with Crippen molar-refractivity contribution in [1.82, 2.24) is 4.98 Å². The molecule has 96 valence electrons. The molecule has 0 fully saturated rings. The van der Waals surface area contributed by atoms with Crippen LogP contribution in [0, 0.1) is 10.1 Å². The second kappa shape index (κ2) is 5.26. The van der Waals surface area contributed by atoms with Crippen molar-refractivity contribution in [2.45, 2.75) is 6.42 Å². The van der Waals surface area contributed by atoms with E-state index in [1.807, 2.05) is 6.07 Å². The average molecular weight is 257 g/mol. The Balaban J connectivity index is 2.33. The molecule has 6 nitrogen and oxygen atoms in total. The number of carbonyl (C=O) groups excluding carboxylic acids is 1. The van der Waals surface area contributed by atoms with Crippen LogP contribution < -0.4 is 5.73 Å². The van der Waals surface area contributed by atoms with Crippen molar-refractivity contribution in [3.8, 4) is 0 Å². The molecule has 0 aliphatic carbocycles. The summed E-state index contributed by atoms with van der Waals surface area (Å²) in [5, 5.41) is 10.8. The molecule has 2 aromatic rings. The summed E-state index contributed by atoms with van der Waals surface area (Å²) in [5.41, 5.74) is 6.47. The van der Waals surface area contributed by atoms with Gasteiger partial charge in [-0.1, -0.05) is 30.3 Å². The summed E-state index contributed by atoms with van der Waals surface area (Å²) in [6.07, 6.45) is 1.24. The van der Waals surface area contributed by atoms with Crippen LogP contribution in [0.5, 0.6) is 0 Å². The van der Waals surface area contributed by atoms with Crippen LogP contribution in [0.3, 0.4) is 0 Å². The largest absolute Gasteiger partial charge is 0.396 e. The minimum absolute atomic E-state index is 0.0612. The van der Waals surface area contributed by atoms with Gasteiger partial charge in [-0.2, -0.15) is 0 Å². The number of nitrogen functional groups attached to an aromatic ring is 1. The fourth-order valence-electron chi connectivity index (χ4n) is 1.70. The van der Waals surface area contributed by atoms with Gasteiger partial charge in [0.25, 0.3) is 0 Å². The van der Waals surface area contributed by atoms with Crippen LogP contribution in [0.1, 0.15) is 15.9 Å². The Hall–Kier alpha value is -2.76. The van der Waals surface area contributed by atoms with Gasteiger partial charge in [-0.15, -0.1) is 0 Å². The zero-order chi connectivity index (χ0) is 13.8. The fraction of sp³-hybridized carbons (Fsp3) is 0.0769. The van der Waals surface area contributed by atoms with Gasteiger partial charge in [-0.3, -0.25) is 4.79 Å². The Morgan fingerprint density at radius 2 is 2.00 bits per heavy atom. The monoisotopic (exact) mass is 257 g/mol. The van der Waals surface area contributed by atoms with Crippen LogP contribution >= 0.6 is 0 Å². The van der Waals surface area contributed by atoms with Gasteiger partial charge < -0.3 is 15.8 Å². The summed E-state index contributed by atoms with van der Waals surface area (Å²) in [5.74, 6) is -0.840. The van der Waals surface area contributed by atoms with E-state index in [9.17, 15) is 14.9 Å². The van der Waals surface area contributed by atoms with E-state index in [2.05, 4.69) is 4.98 Å². The van der Waals surface area contributed by atoms with Gasteiger partial charge in [0.15, 0.2) is 12.0 Å². The molecule has 2 rings (SSSR count). The molecule has 0 aliphatic rings. The number of aromatic nitrogens is 1. The highest BCUT2D eigenvalue weighted by Crippen LogP contribution is 2.19. The highest BCUT2D eigenvalue weighted by molar-refractivity contribution is 6.01. The van der Waals surface area contributed by atoms with E-state index in [1.165, 1.54) is 6.07 Å². The topological polar surface area (TPSA) is 99.1 Å². The Labute approximate surface area is 109 Å². The van der Waals surface area contributed by atoms with Crippen LogP contribution in [-0.2, 0) is 6.42 Å². The lowest BCUT2D eigenvalue weighted by molar-refractivity contribution is -0.389. The lowest BCUT2D eigenvalue weighted by Gasteiger charge is -2.03. The van der Waals surface area contributed by atoms with Crippen molar-refractivity contribution in [3.63, 3.8) is 0 Å². The van der Waals surface area contributed by atoms with Gasteiger partial charge in [0.1, 0.15) is 5.56 Å². The van der Waals surface area contributed by atoms with Crippen LogP contribution in [0.4, 0.5) is 11.5 Å². The first-order chi connectivity index (χ1) is 9.08. The molecule has 0 radical (unpaired) electrons. The minimum Gasteiger partial charge on any atom is -0.396 e. The molecular weight excluding hydrogens is 246 g/mol. The Morgan fingerprint density at radius 1 is 1.32 bits per heavy atom. The van der Waals surface area contributed by atoms with Crippen LogP contribution in [-0.4, -0.2) is 15.7 Å². The van der Waals surface area contributed by atoms with Crippen LogP contribution in [0.15, 0.2) is 42.6 Å². The number of benzene rings is 1. The summed E-state index contributed by atoms with van der Waals surface area (Å²) in [6.45, 7) is 0. The number of anilines is 1. The molecule has 1 heterocycles. The SMILES string of the molecule is Nc1cnc([N+](=O)[O-])c(C(=O)Cc2ccccc2)c1. The van der Waals surface area contributed by atoms with Gasteiger partial charge in [0, 0.05) is 6.42 Å². The number of nitrogens with zero attached hydrogens (tertiary/aromatic N) is 2. The van der Waals surface area contributed by atoms with Crippen molar-refractivity contribution in [1.29, 1.82) is 0 Å². The fourth-order valence-corrected chi connectivity index (χ4v) is 1.70. The first-order valence-electron chi connectivity index (χ1n) is 5.55. The first kappa shape index (κ1) is 12.7. The molecule has 0 spiro atoms. The molecule has 0 bridgehead atoms. The van der Waals surface area contributed by atoms with Crippen molar-refractivity contribution in [2.75, 3.05) is 5.73 Å². The third kappa shape index (κ3) is 2.92. The number of Topliss-reactive ketones (excluding diaryl/α,β-unsaturated/α-hetero) is 1. The normalized spacial score (nSPS) is 10.1. The molecule has 0 atom stereocenters. The number of hydrogen-bond donors (Lipinski definition) is 1. The third-order valence-electron chi connectivity index (χ3n) is 2.57. The smallest absolute Gasteiger partial charge is 0.374 e. The second-order valence-corrected chi connectivity index (χ2v) is 3.98. The number of ketones is 1. The highest BCUT2D eigenvalue weighted by atomic mass is 16.6. The van der Waals surface area contributed by atoms with E-state index in [-0.39, 0.29) is 23.5 Å². The standard InChI is InChI=1S/C13H11N3O3/c14-10-7-11(13(15-8-10)16(18)19)12(17)6-9-4-2-1-3-5-9/h1-5,7-8H,6,14H2. The van der Waals surface area contributed by atoms with E-state index in [0.29, 0.717) is 0 Å². The van der Waals surface area contributed by atoms with Crippen molar-refractivity contribution in [2.24, 2.45) is 0 Å². The predicted molar refractivity (Wildman–Crippen MR) is 69.8 cm³/mol. The summed E-state index contributed by atoms with van der Waals surface area (Å²) in [6, 6.07) is 10.3. The van der Waals surface area contributed by atoms with Gasteiger partial charge in [0.05, 0.1) is 5.69 Å². The zero-order valence-electron chi connectivity index (χ0n) is 9.95. The summed E-state index contributed by atoms with van der Waals surface area (Å²) < 4.78 is 0. The molecular formula is C13H11N3O3. The van der Waals surface area contributed by atoms with E-state index < -0.39 is 10.7 Å². The van der Waals surface area contributed by atoms with E-state index in [0.717, 1.165) is 11.8 Å². The number of nitro groups is 1. The second-order valence-electron chi connectivity index (χ2n) is 3.98. The number of pyridine rings is 1. The molecule has 2 N–H and O–H groups in total. The Kier molecular flexibility index (Phi) is 3.51. The maximum Gasteiger partial charge on any atom is 0.374 e. The van der Waals surface area contributed by atoms with Crippen molar-refractivity contribution >= 4 is 17.3 Å². The maximum absolute atomic E-state index is 12.1. The number of nitrogens with two attached hydrogens (primary N) is 1. The molecule has 1 aromatic carbocycles. The van der Waals surface area contributed by atoms with Gasteiger partial charge in [0.2, 0.25) is 0 Å². The van der Waals surface area contributed by atoms with Crippen LogP contribution in [0.2, 0.25) is 0 Å². The summed E-state index contributed by atoms with van der Waals surface area (Å²) in [7, 11) is 0. The van der Waals surface area contributed by atoms with E-state index in [1.54, 1.807) is 24.3 Å². The Morgan fingerprint density at radius 3 is 2.63 bits per heavy atom. The zero-order valence-corrected chi connectivity index (χ0v) is 9.95. The number of hydrogen-bond acceptors (Lipinski definition) is 5. The molecule has 0 aliphatic heterocycles. The van der Waals surface area contributed by atoms with Gasteiger partial charge >= 0.3 is 5.82 Å². The third-order valence-corrected chi connectivity index (χ3v) is 2.57. The van der Waals surface area contributed by atoms with E-state index >= 15 is 0 Å². The summed E-state index contributed by atoms with van der Waals surface area (Å²) >= 11 is 0. The molecule has 0 saturated carbocycles. The quantitative estimate of drug-likeness (QED) is 0.513. The van der Waals surface area contributed by atoms with E-state index in [4.69, 9.17) is 5.73 Å². The number of rotatable bonds is 4. The van der Waals surface area contributed by atoms with Crippen LogP contribution in [0.25, 0.3) is 0 Å². The highest BCUT2D eigenvalue weighted by Gasteiger charge is 2.22. The van der Waals surface area contributed by atoms with Gasteiger partial charge in [-0.05, 0) is 21.5 Å². The maximum atomic E-state index is 12.1. The minimum atomic E-state index is -0.683. The predicted octanol–water partition coefficient (Wildman–Crippen LogP) is 2.00. The lowest BCUT2D eigenvalue weighted by Crippen LogP contribution is -2.09. The van der Waals surface area contributed by atoms with Crippen molar-refractivity contribution in [3.05, 3.63) is 63.8 Å². The average Bonchev–Trinajstić information content (AvgIpc) is 2.39. The molecule has 6 heteroatoms. The molecule has 19 heavy (non-hydrogen) atoms. The Bertz CT molecular complexity index is 626. The first-order valence-corrected chi connectivity index (χ1v) is 5.55. The van der Waals surface area contributed by atoms with Gasteiger partial charge in [-0.25, -0.2) is 0 Å². The summed E-state index contributed by atoms with van der Waals surface area (Å²) in [4.78, 5) is 25.8. The molecule has 0 unspecified atom stereocenters. The molecule has 1 aromatic heterocycles. The van der Waals surface area contributed by atoms with Crippen molar-refractivity contribution < 1.29 is 9.72 Å². The molecule has 0 amide bonds. The molecule has 0 saturated heterocycles.